The highest BCUT2D eigenvalue weighted by Crippen LogP contribution is 2.38. The molecule has 1 aromatic carbocycles. The maximum absolute atomic E-state index is 13.1. The van der Waals surface area contributed by atoms with Gasteiger partial charge in [-0.15, -0.1) is 11.6 Å². The summed E-state index contributed by atoms with van der Waals surface area (Å²) in [5.41, 5.74) is 1.09. The Bertz CT molecular complexity index is 813. The van der Waals surface area contributed by atoms with Gasteiger partial charge in [-0.1, -0.05) is 44.5 Å². The first-order chi connectivity index (χ1) is 17.1. The Labute approximate surface area is 223 Å². The lowest BCUT2D eigenvalue weighted by Crippen LogP contribution is -2.16. The minimum atomic E-state index is -4.52. The second-order valence-corrected chi connectivity index (χ2v) is 7.83. The number of nitrogens with zero attached hydrogens (tertiary/aromatic N) is 2. The van der Waals surface area contributed by atoms with Gasteiger partial charge in [0, 0.05) is 24.4 Å². The summed E-state index contributed by atoms with van der Waals surface area (Å²) >= 11 is 11.7. The van der Waals surface area contributed by atoms with Crippen molar-refractivity contribution in [2.24, 2.45) is 9.98 Å². The topological polar surface area (TPSA) is 75.1 Å². The van der Waals surface area contributed by atoms with Gasteiger partial charge in [0.05, 0.1) is 29.2 Å². The van der Waals surface area contributed by atoms with E-state index in [-0.39, 0.29) is 16.6 Å². The fourth-order valence-electron chi connectivity index (χ4n) is 3.01. The smallest absolute Gasteiger partial charge is 0.380 e. The summed E-state index contributed by atoms with van der Waals surface area (Å²) in [5, 5.41) is 5.70. The molecule has 0 spiro atoms. The SMILES string of the molecule is C=NC(=NC(C)c1cccc(C(F)(F)F)c1Cl)/C(CC)=C(/CC)NCCl.C=O.CCCOCCNC. The normalized spacial score (nSPS) is 12.9. The zero-order valence-corrected chi connectivity index (χ0v) is 23.3. The molecule has 0 bridgehead atoms. The molecule has 0 radical (unpaired) electrons. The van der Waals surface area contributed by atoms with Crippen LogP contribution in [0.2, 0.25) is 5.02 Å². The third-order valence-corrected chi connectivity index (χ3v) is 5.27. The molecule has 0 fully saturated rings. The van der Waals surface area contributed by atoms with Crippen molar-refractivity contribution < 1.29 is 22.7 Å². The summed E-state index contributed by atoms with van der Waals surface area (Å²) in [6, 6.07) is 3.40. The van der Waals surface area contributed by atoms with E-state index in [1.54, 1.807) is 6.92 Å². The minimum Gasteiger partial charge on any atom is -0.380 e. The fraction of sp³-hybridized carbons (Fsp3) is 0.560. The molecule has 11 heteroatoms. The molecule has 0 heterocycles. The second-order valence-electron chi connectivity index (χ2n) is 7.18. The highest BCUT2D eigenvalue weighted by Gasteiger charge is 2.34. The molecule has 0 aliphatic carbocycles. The van der Waals surface area contributed by atoms with Gasteiger partial charge in [0.25, 0.3) is 0 Å². The zero-order valence-electron chi connectivity index (χ0n) is 21.8. The third kappa shape index (κ3) is 13.4. The number of hydrogen-bond donors (Lipinski definition) is 2. The van der Waals surface area contributed by atoms with Crippen LogP contribution in [-0.4, -0.2) is 52.2 Å². The van der Waals surface area contributed by atoms with Gasteiger partial charge < -0.3 is 20.2 Å². The van der Waals surface area contributed by atoms with E-state index >= 15 is 0 Å². The number of alkyl halides is 4. The lowest BCUT2D eigenvalue weighted by molar-refractivity contribution is -0.137. The van der Waals surface area contributed by atoms with Gasteiger partial charge in [-0.25, -0.2) is 4.99 Å². The fourth-order valence-corrected chi connectivity index (χ4v) is 3.56. The zero-order chi connectivity index (χ0) is 28.1. The van der Waals surface area contributed by atoms with Crippen molar-refractivity contribution in [2.45, 2.75) is 59.2 Å². The molecule has 6 nitrogen and oxygen atoms in total. The van der Waals surface area contributed by atoms with Crippen molar-refractivity contribution in [3.05, 3.63) is 45.6 Å². The van der Waals surface area contributed by atoms with Gasteiger partial charge in [-0.3, -0.25) is 4.99 Å². The molecule has 1 atom stereocenters. The van der Waals surface area contributed by atoms with E-state index < -0.39 is 17.8 Å². The van der Waals surface area contributed by atoms with E-state index in [0.717, 1.165) is 43.5 Å². The molecule has 36 heavy (non-hydrogen) atoms. The van der Waals surface area contributed by atoms with Crippen molar-refractivity contribution in [1.29, 1.82) is 0 Å². The Kier molecular flexibility index (Phi) is 21.3. The molecule has 0 saturated carbocycles. The molecule has 1 rings (SSSR count). The van der Waals surface area contributed by atoms with Crippen LogP contribution >= 0.6 is 23.2 Å². The number of carbonyl (C=O) groups excluding carboxylic acids is 1. The predicted octanol–water partition coefficient (Wildman–Crippen LogP) is 6.83. The Morgan fingerprint density at radius 3 is 2.25 bits per heavy atom. The van der Waals surface area contributed by atoms with Gasteiger partial charge in [0.2, 0.25) is 0 Å². The van der Waals surface area contributed by atoms with Crippen molar-refractivity contribution >= 4 is 42.5 Å². The lowest BCUT2D eigenvalue weighted by Gasteiger charge is -2.17. The molecule has 1 unspecified atom stereocenters. The average molecular weight is 556 g/mol. The largest absolute Gasteiger partial charge is 0.417 e. The van der Waals surface area contributed by atoms with Crippen LogP contribution in [0.15, 0.2) is 39.5 Å². The lowest BCUT2D eigenvalue weighted by atomic mass is 10.0. The number of likely N-dealkylation sites (N-methyl/N-ethyl adjacent to an activating group) is 1. The van der Waals surface area contributed by atoms with E-state index in [1.807, 2.05) is 27.7 Å². The highest BCUT2D eigenvalue weighted by molar-refractivity contribution is 6.32. The quantitative estimate of drug-likeness (QED) is 0.0975. The van der Waals surface area contributed by atoms with Crippen LogP contribution in [0.1, 0.15) is 64.1 Å². The Hall–Kier alpha value is -1.94. The molecule has 1 aromatic rings. The first kappa shape index (κ1) is 36.2. The number of carbonyl (C=O) groups is 1. The van der Waals surface area contributed by atoms with E-state index in [0.29, 0.717) is 18.7 Å². The van der Waals surface area contributed by atoms with Gasteiger partial charge in [0.1, 0.15) is 6.79 Å². The molecule has 0 aliphatic heterocycles. The molecular weight excluding hydrogens is 516 g/mol. The number of nitrogens with one attached hydrogen (secondary N) is 2. The molecule has 206 valence electrons. The van der Waals surface area contributed by atoms with E-state index in [9.17, 15) is 13.2 Å². The standard InChI is InChI=1S/C18H22Cl2F3N3.C6H15NO.CH2O/c1-5-12(15(6-2)25-10-19)17(24-4)26-11(3)13-8-7-9-14(16(13)20)18(21,22)23;1-3-5-8-6-4-7-2;1-2/h7-9,11,25H,4-6,10H2,1-3H3;7H,3-6H2,1-2H3;1H2/b15-12-,26-17?;;. The van der Waals surface area contributed by atoms with Gasteiger partial charge in [0.15, 0.2) is 5.84 Å². The van der Waals surface area contributed by atoms with Crippen LogP contribution in [-0.2, 0) is 15.7 Å². The van der Waals surface area contributed by atoms with Crippen molar-refractivity contribution in [3.8, 4) is 0 Å². The van der Waals surface area contributed by atoms with E-state index in [2.05, 4.69) is 34.3 Å². The number of aliphatic imine (C=N–C) groups is 2. The van der Waals surface area contributed by atoms with Crippen molar-refractivity contribution in [1.82, 2.24) is 10.6 Å². The molecular formula is C25H39Cl2F3N4O2. The maximum atomic E-state index is 13.1. The number of halogens is 5. The van der Waals surface area contributed by atoms with Crippen LogP contribution < -0.4 is 10.6 Å². The molecule has 0 saturated heterocycles. The first-order valence-electron chi connectivity index (χ1n) is 11.6. The Balaban J connectivity index is 0. The van der Waals surface area contributed by atoms with Gasteiger partial charge in [-0.05, 0) is 51.6 Å². The minimum absolute atomic E-state index is 0.228. The second kappa shape index (κ2) is 21.2. The number of amidine groups is 1. The Morgan fingerprint density at radius 2 is 1.81 bits per heavy atom. The molecule has 0 aliphatic rings. The van der Waals surface area contributed by atoms with E-state index in [4.69, 9.17) is 32.7 Å². The van der Waals surface area contributed by atoms with E-state index in [1.165, 1.54) is 12.1 Å². The summed E-state index contributed by atoms with van der Waals surface area (Å²) in [4.78, 5) is 16.4. The van der Waals surface area contributed by atoms with Crippen LogP contribution in [0.25, 0.3) is 0 Å². The monoisotopic (exact) mass is 554 g/mol. The van der Waals surface area contributed by atoms with Crippen LogP contribution in [0.5, 0.6) is 0 Å². The molecule has 2 N–H and O–H groups in total. The first-order valence-corrected chi connectivity index (χ1v) is 12.5. The average Bonchev–Trinajstić information content (AvgIpc) is 2.86. The van der Waals surface area contributed by atoms with Crippen molar-refractivity contribution in [2.75, 3.05) is 32.8 Å². The van der Waals surface area contributed by atoms with Crippen LogP contribution in [0.4, 0.5) is 13.2 Å². The molecule has 0 amide bonds. The number of benzene rings is 1. The van der Waals surface area contributed by atoms with Crippen LogP contribution in [0.3, 0.4) is 0 Å². The number of hydrogen-bond acceptors (Lipinski definition) is 5. The predicted molar refractivity (Wildman–Crippen MR) is 145 cm³/mol. The number of allylic oxidation sites excluding steroid dienone is 1. The van der Waals surface area contributed by atoms with Gasteiger partial charge >= 0.3 is 6.18 Å². The summed E-state index contributed by atoms with van der Waals surface area (Å²) in [6.45, 7) is 15.9. The summed E-state index contributed by atoms with van der Waals surface area (Å²) in [7, 11) is 1.93. The van der Waals surface area contributed by atoms with Gasteiger partial charge in [-0.2, -0.15) is 13.2 Å². The summed E-state index contributed by atoms with van der Waals surface area (Å²) < 4.78 is 44.3. The number of rotatable bonds is 12. The molecule has 0 aromatic heterocycles. The third-order valence-electron chi connectivity index (χ3n) is 4.72. The Morgan fingerprint density at radius 1 is 1.17 bits per heavy atom. The summed E-state index contributed by atoms with van der Waals surface area (Å²) in [6.07, 6.45) is -2.11. The van der Waals surface area contributed by atoms with Crippen molar-refractivity contribution in [3.63, 3.8) is 0 Å². The summed E-state index contributed by atoms with van der Waals surface area (Å²) in [5.74, 6) is 0.364. The number of ether oxygens (including phenoxy) is 1. The maximum Gasteiger partial charge on any atom is 0.417 e. The highest BCUT2D eigenvalue weighted by atomic mass is 35.5. The van der Waals surface area contributed by atoms with Crippen LogP contribution in [0, 0.1) is 0 Å².